The second-order valence-corrected chi connectivity index (χ2v) is 5.53. The Labute approximate surface area is 133 Å². The molecule has 3 rings (SSSR count). The number of hydrogen-bond donors (Lipinski definition) is 1. The first-order chi connectivity index (χ1) is 11.1. The summed E-state index contributed by atoms with van der Waals surface area (Å²) in [4.78, 5) is 16.3. The molecule has 0 bridgehead atoms. The second-order valence-electron chi connectivity index (χ2n) is 5.53. The van der Waals surface area contributed by atoms with Gasteiger partial charge in [-0.1, -0.05) is 6.07 Å². The molecule has 7 heteroatoms. The van der Waals surface area contributed by atoms with Gasteiger partial charge in [-0.05, 0) is 37.4 Å². The predicted molar refractivity (Wildman–Crippen MR) is 85.1 cm³/mol. The minimum Gasteiger partial charge on any atom is -0.339 e. The molecule has 6 nitrogen and oxygen atoms in total. The first-order valence-corrected chi connectivity index (χ1v) is 7.46. The Hall–Kier alpha value is -2.54. The van der Waals surface area contributed by atoms with Crippen LogP contribution in [0.3, 0.4) is 0 Å². The maximum Gasteiger partial charge on any atom is 0.274 e. The molecule has 1 fully saturated rings. The topological polar surface area (TPSA) is 61.4 Å². The average molecular weight is 315 g/mol. The third-order valence-corrected chi connectivity index (χ3v) is 3.77. The van der Waals surface area contributed by atoms with E-state index in [1.165, 1.54) is 12.1 Å². The van der Waals surface area contributed by atoms with Crippen molar-refractivity contribution in [1.82, 2.24) is 20.0 Å². The number of carbonyl (C=O) groups excluding carboxylic acids is 1. The van der Waals surface area contributed by atoms with Gasteiger partial charge >= 0.3 is 0 Å². The van der Waals surface area contributed by atoms with Crippen LogP contribution in [0.2, 0.25) is 0 Å². The van der Waals surface area contributed by atoms with E-state index in [9.17, 15) is 9.18 Å². The molecule has 0 aliphatic carbocycles. The highest BCUT2D eigenvalue weighted by atomic mass is 19.1. The van der Waals surface area contributed by atoms with Crippen molar-refractivity contribution in [2.75, 3.05) is 38.5 Å². The normalized spacial score (nSPS) is 15.5. The van der Waals surface area contributed by atoms with Gasteiger partial charge in [-0.2, -0.15) is 0 Å². The molecule has 0 saturated carbocycles. The maximum atomic E-state index is 13.1. The van der Waals surface area contributed by atoms with Crippen LogP contribution in [-0.4, -0.2) is 59.1 Å². The first-order valence-electron chi connectivity index (χ1n) is 7.46. The largest absolute Gasteiger partial charge is 0.339 e. The van der Waals surface area contributed by atoms with E-state index < -0.39 is 0 Å². The Morgan fingerprint density at radius 1 is 1.13 bits per heavy atom. The highest BCUT2D eigenvalue weighted by molar-refractivity contribution is 5.92. The minimum absolute atomic E-state index is 0.108. The summed E-state index contributed by atoms with van der Waals surface area (Å²) in [6.07, 6.45) is 0. The zero-order valence-electron chi connectivity index (χ0n) is 12.9. The molecule has 1 aromatic carbocycles. The van der Waals surface area contributed by atoms with Gasteiger partial charge in [-0.25, -0.2) is 4.39 Å². The SMILES string of the molecule is CN1CCN(C(=O)c2ccc(Nc3cccc(F)c3)nn2)CC1. The second kappa shape index (κ2) is 6.70. The molecule has 0 atom stereocenters. The number of nitrogens with one attached hydrogen (secondary N) is 1. The Morgan fingerprint density at radius 2 is 1.91 bits per heavy atom. The van der Waals surface area contributed by atoms with Gasteiger partial charge in [0.1, 0.15) is 5.82 Å². The van der Waals surface area contributed by atoms with Gasteiger partial charge in [0.15, 0.2) is 11.5 Å². The summed E-state index contributed by atoms with van der Waals surface area (Å²) in [5.41, 5.74) is 0.900. The van der Waals surface area contributed by atoms with Gasteiger partial charge < -0.3 is 15.1 Å². The molecular formula is C16H18FN5O. The molecule has 2 aromatic rings. The van der Waals surface area contributed by atoms with Crippen LogP contribution >= 0.6 is 0 Å². The van der Waals surface area contributed by atoms with Crippen molar-refractivity contribution in [3.63, 3.8) is 0 Å². The number of anilines is 2. The molecule has 0 radical (unpaired) electrons. The van der Waals surface area contributed by atoms with E-state index in [0.29, 0.717) is 30.3 Å². The van der Waals surface area contributed by atoms with E-state index in [1.54, 1.807) is 29.2 Å². The fraction of sp³-hybridized carbons (Fsp3) is 0.312. The fourth-order valence-electron chi connectivity index (χ4n) is 2.40. The van der Waals surface area contributed by atoms with Gasteiger partial charge in [0.25, 0.3) is 5.91 Å². The molecule has 23 heavy (non-hydrogen) atoms. The first kappa shape index (κ1) is 15.4. The molecule has 1 amide bonds. The molecular weight excluding hydrogens is 297 g/mol. The van der Waals surface area contributed by atoms with Crippen LogP contribution in [-0.2, 0) is 0 Å². The Bertz CT molecular complexity index is 683. The number of halogens is 1. The summed E-state index contributed by atoms with van der Waals surface area (Å²) in [7, 11) is 2.04. The smallest absolute Gasteiger partial charge is 0.274 e. The molecule has 1 N–H and O–H groups in total. The third-order valence-electron chi connectivity index (χ3n) is 3.77. The predicted octanol–water partition coefficient (Wildman–Crippen LogP) is 1.75. The zero-order chi connectivity index (χ0) is 16.2. The number of benzene rings is 1. The molecule has 0 spiro atoms. The number of aromatic nitrogens is 2. The maximum absolute atomic E-state index is 13.1. The van der Waals surface area contributed by atoms with Gasteiger partial charge in [0.05, 0.1) is 0 Å². The van der Waals surface area contributed by atoms with E-state index in [1.807, 2.05) is 7.05 Å². The van der Waals surface area contributed by atoms with Crippen LogP contribution in [0.1, 0.15) is 10.5 Å². The lowest BCUT2D eigenvalue weighted by atomic mass is 10.2. The summed E-state index contributed by atoms with van der Waals surface area (Å²) in [5, 5.41) is 10.9. The summed E-state index contributed by atoms with van der Waals surface area (Å²) in [5.74, 6) is 0.0262. The van der Waals surface area contributed by atoms with Crippen LogP contribution in [0.5, 0.6) is 0 Å². The quantitative estimate of drug-likeness (QED) is 0.935. The van der Waals surface area contributed by atoms with Crippen molar-refractivity contribution in [3.05, 3.63) is 47.9 Å². The molecule has 2 heterocycles. The highest BCUT2D eigenvalue weighted by Crippen LogP contribution is 2.15. The molecule has 1 aromatic heterocycles. The van der Waals surface area contributed by atoms with E-state index in [-0.39, 0.29) is 11.7 Å². The monoisotopic (exact) mass is 315 g/mol. The van der Waals surface area contributed by atoms with Crippen molar-refractivity contribution in [3.8, 4) is 0 Å². The number of rotatable bonds is 3. The molecule has 1 aliphatic rings. The van der Waals surface area contributed by atoms with Crippen molar-refractivity contribution < 1.29 is 9.18 Å². The lowest BCUT2D eigenvalue weighted by Crippen LogP contribution is -2.47. The van der Waals surface area contributed by atoms with Gasteiger partial charge in [0, 0.05) is 31.9 Å². The summed E-state index contributed by atoms with van der Waals surface area (Å²) in [6.45, 7) is 3.11. The van der Waals surface area contributed by atoms with E-state index in [4.69, 9.17) is 0 Å². The van der Waals surface area contributed by atoms with E-state index >= 15 is 0 Å². The number of amides is 1. The Morgan fingerprint density at radius 3 is 2.57 bits per heavy atom. The van der Waals surface area contributed by atoms with Crippen LogP contribution in [0.4, 0.5) is 15.9 Å². The van der Waals surface area contributed by atoms with Gasteiger partial charge in [-0.3, -0.25) is 4.79 Å². The number of hydrogen-bond acceptors (Lipinski definition) is 5. The molecule has 1 saturated heterocycles. The summed E-state index contributed by atoms with van der Waals surface area (Å²) >= 11 is 0. The Balaban J connectivity index is 1.66. The van der Waals surface area contributed by atoms with Crippen LogP contribution < -0.4 is 5.32 Å². The van der Waals surface area contributed by atoms with Crippen LogP contribution in [0.15, 0.2) is 36.4 Å². The van der Waals surface area contributed by atoms with Gasteiger partial charge in [-0.15, -0.1) is 10.2 Å². The highest BCUT2D eigenvalue weighted by Gasteiger charge is 2.21. The van der Waals surface area contributed by atoms with Crippen molar-refractivity contribution in [1.29, 1.82) is 0 Å². The van der Waals surface area contributed by atoms with Crippen molar-refractivity contribution in [2.45, 2.75) is 0 Å². The van der Waals surface area contributed by atoms with Crippen molar-refractivity contribution in [2.24, 2.45) is 0 Å². The zero-order valence-corrected chi connectivity index (χ0v) is 12.9. The Kier molecular flexibility index (Phi) is 4.47. The fourth-order valence-corrected chi connectivity index (χ4v) is 2.40. The summed E-state index contributed by atoms with van der Waals surface area (Å²) in [6, 6.07) is 9.38. The average Bonchev–Trinajstić information content (AvgIpc) is 2.56. The lowest BCUT2D eigenvalue weighted by molar-refractivity contribution is 0.0657. The van der Waals surface area contributed by atoms with Gasteiger partial charge in [0.2, 0.25) is 0 Å². The molecule has 120 valence electrons. The number of carbonyl (C=O) groups is 1. The number of likely N-dealkylation sites (N-methyl/N-ethyl adjacent to an activating group) is 1. The number of piperazine rings is 1. The van der Waals surface area contributed by atoms with E-state index in [2.05, 4.69) is 20.4 Å². The summed E-state index contributed by atoms with van der Waals surface area (Å²) < 4.78 is 13.1. The van der Waals surface area contributed by atoms with Crippen molar-refractivity contribution >= 4 is 17.4 Å². The van der Waals surface area contributed by atoms with E-state index in [0.717, 1.165) is 13.1 Å². The standard InChI is InChI=1S/C16H18FN5O/c1-21-7-9-22(10-8-21)16(23)14-5-6-15(20-19-14)18-13-4-2-3-12(17)11-13/h2-6,11H,7-10H2,1H3,(H,18,20). The van der Waals surface area contributed by atoms with Crippen LogP contribution in [0.25, 0.3) is 0 Å². The minimum atomic E-state index is -0.329. The number of nitrogens with zero attached hydrogens (tertiary/aromatic N) is 4. The lowest BCUT2D eigenvalue weighted by Gasteiger charge is -2.32. The molecule has 0 unspecified atom stereocenters. The van der Waals surface area contributed by atoms with Crippen LogP contribution in [0, 0.1) is 5.82 Å². The third kappa shape index (κ3) is 3.81. The molecule has 1 aliphatic heterocycles.